The molecule has 1 aliphatic carbocycles. The van der Waals surface area contributed by atoms with E-state index in [0.717, 1.165) is 47.3 Å². The number of methoxy groups -OCH3 is 1. The van der Waals surface area contributed by atoms with Crippen LogP contribution in [0.1, 0.15) is 25.7 Å². The molecule has 5 nitrogen and oxygen atoms in total. The number of amides is 1. The van der Waals surface area contributed by atoms with Crippen LogP contribution >= 0.6 is 11.3 Å². The van der Waals surface area contributed by atoms with E-state index in [4.69, 9.17) is 9.47 Å². The van der Waals surface area contributed by atoms with Gasteiger partial charge in [0.25, 0.3) is 0 Å². The van der Waals surface area contributed by atoms with Crippen LogP contribution in [0.4, 0.5) is 4.79 Å². The summed E-state index contributed by atoms with van der Waals surface area (Å²) >= 11 is 1.67. The van der Waals surface area contributed by atoms with Gasteiger partial charge in [-0.25, -0.2) is 4.79 Å². The summed E-state index contributed by atoms with van der Waals surface area (Å²) in [6.07, 6.45) is 7.58. The quantitative estimate of drug-likeness (QED) is 0.619. The maximum absolute atomic E-state index is 12.2. The molecule has 4 rings (SSSR count). The molecule has 0 atom stereocenters. The van der Waals surface area contributed by atoms with Crippen molar-refractivity contribution in [2.45, 2.75) is 31.7 Å². The van der Waals surface area contributed by atoms with E-state index >= 15 is 0 Å². The molecule has 1 N–H and O–H groups in total. The normalized spacial score (nSPS) is 14.0. The van der Waals surface area contributed by atoms with Crippen LogP contribution in [0.5, 0.6) is 11.5 Å². The number of carbonyl (C=O) groups excluding carboxylic acids is 1. The Morgan fingerprint density at radius 1 is 1.14 bits per heavy atom. The summed E-state index contributed by atoms with van der Waals surface area (Å²) in [7, 11) is 1.63. The number of nitrogens with one attached hydrogen (secondary N) is 1. The molecular formula is C22H22N2O3S. The van der Waals surface area contributed by atoms with Crippen LogP contribution in [-0.4, -0.2) is 24.2 Å². The Morgan fingerprint density at radius 3 is 2.71 bits per heavy atom. The van der Waals surface area contributed by atoms with Gasteiger partial charge in [-0.2, -0.15) is 0 Å². The SMILES string of the molecule is COc1ccc(OC(=O)NC2CCCC2)cc1-c1cncc(-c2cccs2)c1. The van der Waals surface area contributed by atoms with Crippen LogP contribution in [0.2, 0.25) is 0 Å². The van der Waals surface area contributed by atoms with Crippen molar-refractivity contribution in [1.82, 2.24) is 10.3 Å². The first-order chi connectivity index (χ1) is 13.7. The van der Waals surface area contributed by atoms with Gasteiger partial charge in [-0.05, 0) is 48.6 Å². The van der Waals surface area contributed by atoms with Crippen molar-refractivity contribution < 1.29 is 14.3 Å². The number of hydrogen-bond acceptors (Lipinski definition) is 5. The van der Waals surface area contributed by atoms with Crippen molar-refractivity contribution in [1.29, 1.82) is 0 Å². The second kappa shape index (κ2) is 8.44. The second-order valence-corrected chi connectivity index (χ2v) is 7.76. The van der Waals surface area contributed by atoms with Gasteiger partial charge in [0.1, 0.15) is 11.5 Å². The highest BCUT2D eigenvalue weighted by atomic mass is 32.1. The molecule has 2 heterocycles. The van der Waals surface area contributed by atoms with Gasteiger partial charge >= 0.3 is 6.09 Å². The number of rotatable bonds is 5. The lowest BCUT2D eigenvalue weighted by Crippen LogP contribution is -2.34. The average Bonchev–Trinajstić information content (AvgIpc) is 3.42. The molecule has 3 aromatic rings. The molecule has 144 valence electrons. The number of aromatic nitrogens is 1. The second-order valence-electron chi connectivity index (χ2n) is 6.82. The van der Waals surface area contributed by atoms with Gasteiger partial charge < -0.3 is 14.8 Å². The highest BCUT2D eigenvalue weighted by Crippen LogP contribution is 2.35. The highest BCUT2D eigenvalue weighted by Gasteiger charge is 2.18. The molecule has 0 aliphatic heterocycles. The van der Waals surface area contributed by atoms with Gasteiger partial charge in [0.15, 0.2) is 0 Å². The van der Waals surface area contributed by atoms with Crippen molar-refractivity contribution in [2.24, 2.45) is 0 Å². The zero-order valence-electron chi connectivity index (χ0n) is 15.7. The Bertz CT molecular complexity index is 950. The fourth-order valence-corrected chi connectivity index (χ4v) is 4.22. The number of ether oxygens (including phenoxy) is 2. The number of nitrogens with zero attached hydrogens (tertiary/aromatic N) is 1. The van der Waals surface area contributed by atoms with Gasteiger partial charge in [0.2, 0.25) is 0 Å². The van der Waals surface area contributed by atoms with Crippen molar-refractivity contribution in [3.05, 3.63) is 54.2 Å². The van der Waals surface area contributed by atoms with Gasteiger partial charge in [0.05, 0.1) is 7.11 Å². The summed E-state index contributed by atoms with van der Waals surface area (Å²) in [6, 6.07) is 11.7. The molecule has 0 spiro atoms. The zero-order valence-corrected chi connectivity index (χ0v) is 16.5. The lowest BCUT2D eigenvalue weighted by molar-refractivity contribution is 0.196. The summed E-state index contributed by atoms with van der Waals surface area (Å²) in [6.45, 7) is 0. The van der Waals surface area contributed by atoms with Crippen LogP contribution in [0.3, 0.4) is 0 Å². The maximum Gasteiger partial charge on any atom is 0.412 e. The van der Waals surface area contributed by atoms with E-state index in [-0.39, 0.29) is 6.04 Å². The summed E-state index contributed by atoms with van der Waals surface area (Å²) in [4.78, 5) is 17.7. The molecule has 0 radical (unpaired) electrons. The molecule has 0 saturated heterocycles. The van der Waals surface area contributed by atoms with Gasteiger partial charge in [-0.3, -0.25) is 4.98 Å². The fourth-order valence-electron chi connectivity index (χ4n) is 3.51. The first-order valence-corrected chi connectivity index (χ1v) is 10.3. The lowest BCUT2D eigenvalue weighted by Gasteiger charge is -2.14. The third-order valence-corrected chi connectivity index (χ3v) is 5.83. The van der Waals surface area contributed by atoms with E-state index in [1.54, 1.807) is 30.7 Å². The van der Waals surface area contributed by atoms with E-state index in [2.05, 4.69) is 22.4 Å². The minimum absolute atomic E-state index is 0.219. The van der Waals surface area contributed by atoms with Gasteiger partial charge in [0, 0.05) is 40.0 Å². The maximum atomic E-state index is 12.2. The van der Waals surface area contributed by atoms with Crippen molar-refractivity contribution in [3.8, 4) is 33.1 Å². The third-order valence-electron chi connectivity index (χ3n) is 4.91. The Kier molecular flexibility index (Phi) is 5.58. The number of benzene rings is 1. The van der Waals surface area contributed by atoms with E-state index in [1.165, 1.54) is 0 Å². The Balaban J connectivity index is 1.58. The third kappa shape index (κ3) is 4.17. The smallest absolute Gasteiger partial charge is 0.412 e. The molecular weight excluding hydrogens is 372 g/mol. The number of carbonyl (C=O) groups is 1. The van der Waals surface area contributed by atoms with Crippen molar-refractivity contribution in [2.75, 3.05) is 7.11 Å². The zero-order chi connectivity index (χ0) is 19.3. The Hall–Kier alpha value is -2.86. The molecule has 1 fully saturated rings. The molecule has 2 aromatic heterocycles. The number of hydrogen-bond donors (Lipinski definition) is 1. The van der Waals surface area contributed by atoms with Gasteiger partial charge in [-0.15, -0.1) is 11.3 Å². The summed E-state index contributed by atoms with van der Waals surface area (Å²) in [5.41, 5.74) is 2.78. The summed E-state index contributed by atoms with van der Waals surface area (Å²) in [5.74, 6) is 1.18. The van der Waals surface area contributed by atoms with Crippen LogP contribution in [0, 0.1) is 0 Å². The Morgan fingerprint density at radius 2 is 1.96 bits per heavy atom. The standard InChI is InChI=1S/C22H22N2O3S/c1-26-20-9-8-18(27-22(25)24-17-5-2-3-6-17)12-19(20)15-11-16(14-23-13-15)21-7-4-10-28-21/h4,7-14,17H,2-3,5-6H2,1H3,(H,24,25). The average molecular weight is 394 g/mol. The molecule has 28 heavy (non-hydrogen) atoms. The van der Waals surface area contributed by atoms with Crippen molar-refractivity contribution in [3.63, 3.8) is 0 Å². The van der Waals surface area contributed by atoms with Crippen LogP contribution < -0.4 is 14.8 Å². The molecule has 0 unspecified atom stereocenters. The highest BCUT2D eigenvalue weighted by molar-refractivity contribution is 7.13. The first-order valence-electron chi connectivity index (χ1n) is 9.38. The largest absolute Gasteiger partial charge is 0.496 e. The first kappa shape index (κ1) is 18.5. The molecule has 1 aliphatic rings. The van der Waals surface area contributed by atoms with Crippen LogP contribution in [0.25, 0.3) is 21.6 Å². The predicted octanol–water partition coefficient (Wildman–Crippen LogP) is 5.52. The predicted molar refractivity (Wildman–Crippen MR) is 111 cm³/mol. The van der Waals surface area contributed by atoms with E-state index in [9.17, 15) is 4.79 Å². The summed E-state index contributed by atoms with van der Waals surface area (Å²) < 4.78 is 11.0. The van der Waals surface area contributed by atoms with Crippen molar-refractivity contribution >= 4 is 17.4 Å². The molecule has 0 bridgehead atoms. The Labute approximate surface area is 168 Å². The summed E-state index contributed by atoms with van der Waals surface area (Å²) in [5, 5.41) is 4.98. The van der Waals surface area contributed by atoms with Crippen LogP contribution in [0.15, 0.2) is 54.2 Å². The molecule has 1 amide bonds. The molecule has 1 aromatic carbocycles. The monoisotopic (exact) mass is 394 g/mol. The number of thiophene rings is 1. The fraction of sp³-hybridized carbons (Fsp3) is 0.273. The molecule has 1 saturated carbocycles. The van der Waals surface area contributed by atoms with Crippen LogP contribution in [-0.2, 0) is 0 Å². The minimum atomic E-state index is -0.409. The number of pyridine rings is 1. The molecule has 6 heteroatoms. The van der Waals surface area contributed by atoms with E-state index < -0.39 is 6.09 Å². The van der Waals surface area contributed by atoms with E-state index in [1.807, 2.05) is 29.8 Å². The van der Waals surface area contributed by atoms with E-state index in [0.29, 0.717) is 11.5 Å². The topological polar surface area (TPSA) is 60.5 Å². The lowest BCUT2D eigenvalue weighted by atomic mass is 10.0. The van der Waals surface area contributed by atoms with Gasteiger partial charge in [-0.1, -0.05) is 18.9 Å². The minimum Gasteiger partial charge on any atom is -0.496 e.